The van der Waals surface area contributed by atoms with Crippen LogP contribution in [0.4, 0.5) is 0 Å². The molecule has 0 radical (unpaired) electrons. The minimum Gasteiger partial charge on any atom is -0.463 e. The van der Waals surface area contributed by atoms with E-state index in [1.165, 1.54) is 0 Å². The van der Waals surface area contributed by atoms with Gasteiger partial charge in [0.05, 0.1) is 11.9 Å². The Labute approximate surface area is 96.2 Å². The molecule has 0 rings (SSSR count). The van der Waals surface area contributed by atoms with Crippen LogP contribution in [0.15, 0.2) is 12.7 Å². The van der Waals surface area contributed by atoms with E-state index in [0.29, 0.717) is 19.3 Å². The summed E-state index contributed by atoms with van der Waals surface area (Å²) in [5, 5.41) is -0.764. The summed E-state index contributed by atoms with van der Waals surface area (Å²) in [7, 11) is -3.99. The van der Waals surface area contributed by atoms with Crippen LogP contribution in [0.3, 0.4) is 0 Å². The first kappa shape index (κ1) is 15.1. The fourth-order valence-electron chi connectivity index (χ4n) is 1.31. The van der Waals surface area contributed by atoms with Crippen molar-refractivity contribution in [2.24, 2.45) is 0 Å². The standard InChI is InChI=1S/C10H18O5S/c1-3-6-9(16(12,13)14)7-5-8-15-10(11)4-2/h4,9H,2-3,5-8H2,1H3,(H,12,13,14). The second kappa shape index (κ2) is 7.40. The normalized spacial score (nSPS) is 13.1. The summed E-state index contributed by atoms with van der Waals surface area (Å²) in [5.41, 5.74) is 0. The maximum Gasteiger partial charge on any atom is 0.330 e. The van der Waals surface area contributed by atoms with Gasteiger partial charge in [-0.3, -0.25) is 4.55 Å². The van der Waals surface area contributed by atoms with E-state index >= 15 is 0 Å². The van der Waals surface area contributed by atoms with Gasteiger partial charge in [-0.1, -0.05) is 19.9 Å². The maximum atomic E-state index is 10.9. The SMILES string of the molecule is C=CC(=O)OCCCC(CCC)S(=O)(=O)O. The van der Waals surface area contributed by atoms with E-state index in [1.807, 2.05) is 6.92 Å². The van der Waals surface area contributed by atoms with Crippen LogP contribution in [0.2, 0.25) is 0 Å². The van der Waals surface area contributed by atoms with Crippen LogP contribution in [-0.4, -0.2) is 30.8 Å². The Morgan fingerprint density at radius 3 is 2.56 bits per heavy atom. The summed E-state index contributed by atoms with van der Waals surface area (Å²) in [5.74, 6) is -0.529. The number of rotatable bonds is 8. The minimum absolute atomic E-state index is 0.139. The first-order valence-electron chi connectivity index (χ1n) is 5.17. The Morgan fingerprint density at radius 1 is 1.50 bits per heavy atom. The van der Waals surface area contributed by atoms with E-state index in [0.717, 1.165) is 6.08 Å². The quantitative estimate of drug-likeness (QED) is 0.306. The predicted molar refractivity (Wildman–Crippen MR) is 60.6 cm³/mol. The molecule has 0 saturated carbocycles. The van der Waals surface area contributed by atoms with Crippen LogP contribution in [0.1, 0.15) is 32.6 Å². The molecule has 16 heavy (non-hydrogen) atoms. The van der Waals surface area contributed by atoms with E-state index in [4.69, 9.17) is 9.29 Å². The highest BCUT2D eigenvalue weighted by molar-refractivity contribution is 7.86. The van der Waals surface area contributed by atoms with Gasteiger partial charge in [-0.05, 0) is 19.3 Å². The first-order valence-corrected chi connectivity index (χ1v) is 6.67. The van der Waals surface area contributed by atoms with Crippen molar-refractivity contribution in [3.05, 3.63) is 12.7 Å². The van der Waals surface area contributed by atoms with Gasteiger partial charge in [-0.2, -0.15) is 8.42 Å². The molecule has 1 N–H and O–H groups in total. The molecule has 0 aromatic rings. The largest absolute Gasteiger partial charge is 0.463 e. The van der Waals surface area contributed by atoms with Gasteiger partial charge in [0.2, 0.25) is 0 Å². The molecular weight excluding hydrogens is 232 g/mol. The summed E-state index contributed by atoms with van der Waals surface area (Å²) in [6.45, 7) is 5.22. The average Bonchev–Trinajstić information content (AvgIpc) is 2.20. The number of ether oxygens (including phenoxy) is 1. The minimum atomic E-state index is -3.99. The summed E-state index contributed by atoms with van der Waals surface area (Å²) in [4.78, 5) is 10.7. The topological polar surface area (TPSA) is 80.7 Å². The highest BCUT2D eigenvalue weighted by Gasteiger charge is 2.21. The number of esters is 1. The van der Waals surface area contributed by atoms with Gasteiger partial charge in [0.25, 0.3) is 10.1 Å². The summed E-state index contributed by atoms with van der Waals surface area (Å²) in [6, 6.07) is 0. The van der Waals surface area contributed by atoms with E-state index < -0.39 is 21.3 Å². The van der Waals surface area contributed by atoms with Crippen molar-refractivity contribution in [1.29, 1.82) is 0 Å². The lowest BCUT2D eigenvalue weighted by Gasteiger charge is -2.12. The zero-order valence-corrected chi connectivity index (χ0v) is 10.2. The van der Waals surface area contributed by atoms with Crippen molar-refractivity contribution in [3.63, 3.8) is 0 Å². The van der Waals surface area contributed by atoms with Gasteiger partial charge in [0.15, 0.2) is 0 Å². The van der Waals surface area contributed by atoms with Crippen LogP contribution in [-0.2, 0) is 19.6 Å². The third-order valence-electron chi connectivity index (χ3n) is 2.11. The van der Waals surface area contributed by atoms with Gasteiger partial charge in [0, 0.05) is 6.08 Å². The number of carbonyl (C=O) groups is 1. The third-order valence-corrected chi connectivity index (χ3v) is 3.43. The molecule has 6 heteroatoms. The second-order valence-corrected chi connectivity index (χ2v) is 5.14. The molecule has 0 fully saturated rings. The van der Waals surface area contributed by atoms with Crippen molar-refractivity contribution >= 4 is 16.1 Å². The molecule has 0 aromatic carbocycles. The highest BCUT2D eigenvalue weighted by atomic mass is 32.2. The van der Waals surface area contributed by atoms with E-state index in [2.05, 4.69) is 6.58 Å². The van der Waals surface area contributed by atoms with Gasteiger partial charge in [-0.15, -0.1) is 0 Å². The summed E-state index contributed by atoms with van der Waals surface area (Å²) < 4.78 is 35.5. The van der Waals surface area contributed by atoms with Gasteiger partial charge < -0.3 is 4.74 Å². The van der Waals surface area contributed by atoms with Gasteiger partial charge in [0.1, 0.15) is 0 Å². The van der Waals surface area contributed by atoms with E-state index in [1.54, 1.807) is 0 Å². The van der Waals surface area contributed by atoms with Crippen LogP contribution in [0.25, 0.3) is 0 Å². The van der Waals surface area contributed by atoms with Crippen LogP contribution in [0.5, 0.6) is 0 Å². The molecule has 0 heterocycles. The molecule has 0 aliphatic heterocycles. The smallest absolute Gasteiger partial charge is 0.330 e. The summed E-state index contributed by atoms with van der Waals surface area (Å²) >= 11 is 0. The van der Waals surface area contributed by atoms with Crippen molar-refractivity contribution in [2.75, 3.05) is 6.61 Å². The van der Waals surface area contributed by atoms with Gasteiger partial charge in [-0.25, -0.2) is 4.79 Å². The van der Waals surface area contributed by atoms with Crippen LogP contribution in [0, 0.1) is 0 Å². The first-order chi connectivity index (χ1) is 7.41. The molecular formula is C10H18O5S. The maximum absolute atomic E-state index is 10.9. The fourth-order valence-corrected chi connectivity index (χ4v) is 2.30. The Bertz CT molecular complexity index is 320. The van der Waals surface area contributed by atoms with Crippen LogP contribution >= 0.6 is 0 Å². The monoisotopic (exact) mass is 250 g/mol. The average molecular weight is 250 g/mol. The lowest BCUT2D eigenvalue weighted by atomic mass is 10.1. The second-order valence-electron chi connectivity index (χ2n) is 3.44. The Balaban J connectivity index is 3.95. The Morgan fingerprint density at radius 2 is 2.12 bits per heavy atom. The van der Waals surface area contributed by atoms with E-state index in [-0.39, 0.29) is 13.0 Å². The number of carbonyl (C=O) groups excluding carboxylic acids is 1. The zero-order valence-electron chi connectivity index (χ0n) is 9.39. The molecule has 5 nitrogen and oxygen atoms in total. The predicted octanol–water partition coefficient (Wildman–Crippen LogP) is 1.55. The molecule has 0 bridgehead atoms. The molecule has 0 amide bonds. The van der Waals surface area contributed by atoms with Crippen molar-refractivity contribution < 1.29 is 22.5 Å². The zero-order chi connectivity index (χ0) is 12.6. The van der Waals surface area contributed by atoms with Crippen molar-refractivity contribution in [3.8, 4) is 0 Å². The molecule has 0 spiro atoms. The lowest BCUT2D eigenvalue weighted by molar-refractivity contribution is -0.137. The Hall–Kier alpha value is -0.880. The third kappa shape index (κ3) is 6.58. The molecule has 94 valence electrons. The Kier molecular flexibility index (Phi) is 7.00. The molecule has 0 aliphatic rings. The molecule has 1 atom stereocenters. The van der Waals surface area contributed by atoms with Crippen LogP contribution < -0.4 is 0 Å². The summed E-state index contributed by atoms with van der Waals surface area (Å²) in [6.07, 6.45) is 2.83. The lowest BCUT2D eigenvalue weighted by Crippen LogP contribution is -2.21. The van der Waals surface area contributed by atoms with Gasteiger partial charge >= 0.3 is 5.97 Å². The fraction of sp³-hybridized carbons (Fsp3) is 0.700. The van der Waals surface area contributed by atoms with Crippen molar-refractivity contribution in [1.82, 2.24) is 0 Å². The number of hydrogen-bond acceptors (Lipinski definition) is 4. The molecule has 0 saturated heterocycles. The highest BCUT2D eigenvalue weighted by Crippen LogP contribution is 2.13. The molecule has 0 aromatic heterocycles. The molecule has 1 unspecified atom stereocenters. The molecule has 0 aliphatic carbocycles. The van der Waals surface area contributed by atoms with E-state index in [9.17, 15) is 13.2 Å². The van der Waals surface area contributed by atoms with Crippen molar-refractivity contribution in [2.45, 2.75) is 37.9 Å². The number of hydrogen-bond donors (Lipinski definition) is 1.